The van der Waals surface area contributed by atoms with Gasteiger partial charge in [0.2, 0.25) is 0 Å². The lowest BCUT2D eigenvalue weighted by Crippen LogP contribution is -2.41. The largest absolute Gasteiger partial charge is 0.390 e. The second kappa shape index (κ2) is 4.97. The molecule has 0 amide bonds. The minimum atomic E-state index is -0.254. The summed E-state index contributed by atoms with van der Waals surface area (Å²) in [6.07, 6.45) is 3.08. The molecule has 0 aliphatic heterocycles. The number of aliphatic hydroxyl groups excluding tert-OH is 1. The molecule has 2 heteroatoms. The highest BCUT2D eigenvalue weighted by Crippen LogP contribution is 2.31. The molecule has 78 valence electrons. The molecule has 0 aromatic carbocycles. The molecule has 1 rings (SSSR count). The Bertz CT molecular complexity index is 145. The van der Waals surface area contributed by atoms with E-state index in [2.05, 4.69) is 20.8 Å². The van der Waals surface area contributed by atoms with Gasteiger partial charge < -0.3 is 9.84 Å². The summed E-state index contributed by atoms with van der Waals surface area (Å²) in [5, 5.41) is 9.91. The van der Waals surface area contributed by atoms with Crippen molar-refractivity contribution in [3.8, 4) is 0 Å². The average molecular weight is 186 g/mol. The van der Waals surface area contributed by atoms with Gasteiger partial charge in [0.15, 0.2) is 0 Å². The monoisotopic (exact) mass is 186 g/mol. The molecule has 1 fully saturated rings. The summed E-state index contributed by atoms with van der Waals surface area (Å²) in [6, 6.07) is 0. The van der Waals surface area contributed by atoms with E-state index in [9.17, 15) is 5.11 Å². The Morgan fingerprint density at radius 3 is 2.62 bits per heavy atom. The van der Waals surface area contributed by atoms with Crippen molar-refractivity contribution in [2.45, 2.75) is 52.2 Å². The number of aliphatic hydroxyl groups is 1. The maximum absolute atomic E-state index is 9.91. The molecule has 0 aromatic rings. The highest BCUT2D eigenvalue weighted by atomic mass is 16.5. The summed E-state index contributed by atoms with van der Waals surface area (Å²) in [7, 11) is 0. The number of ether oxygens (including phenoxy) is 1. The molecule has 0 saturated heterocycles. The van der Waals surface area contributed by atoms with Gasteiger partial charge in [-0.05, 0) is 31.1 Å². The molecule has 0 aromatic heterocycles. The van der Waals surface area contributed by atoms with E-state index >= 15 is 0 Å². The van der Waals surface area contributed by atoms with Crippen LogP contribution in [0, 0.1) is 11.8 Å². The highest BCUT2D eigenvalue weighted by molar-refractivity contribution is 4.83. The van der Waals surface area contributed by atoms with Gasteiger partial charge in [0.1, 0.15) is 0 Å². The van der Waals surface area contributed by atoms with Crippen molar-refractivity contribution >= 4 is 0 Å². The molecule has 4 unspecified atom stereocenters. The predicted molar refractivity (Wildman–Crippen MR) is 53.6 cm³/mol. The van der Waals surface area contributed by atoms with E-state index in [1.807, 2.05) is 0 Å². The van der Waals surface area contributed by atoms with Crippen LogP contribution in [0.3, 0.4) is 0 Å². The van der Waals surface area contributed by atoms with Crippen LogP contribution >= 0.6 is 0 Å². The van der Waals surface area contributed by atoms with Crippen molar-refractivity contribution in [3.63, 3.8) is 0 Å². The van der Waals surface area contributed by atoms with Gasteiger partial charge in [0, 0.05) is 6.61 Å². The summed E-state index contributed by atoms with van der Waals surface area (Å²) >= 11 is 0. The molecule has 1 aliphatic carbocycles. The van der Waals surface area contributed by atoms with E-state index in [-0.39, 0.29) is 12.2 Å². The summed E-state index contributed by atoms with van der Waals surface area (Å²) in [4.78, 5) is 0. The van der Waals surface area contributed by atoms with Gasteiger partial charge in [-0.15, -0.1) is 0 Å². The summed E-state index contributed by atoms with van der Waals surface area (Å²) in [5.41, 5.74) is 0. The molecular formula is C11H22O2. The van der Waals surface area contributed by atoms with Gasteiger partial charge in [-0.2, -0.15) is 0 Å². The summed E-state index contributed by atoms with van der Waals surface area (Å²) in [5.74, 6) is 1.02. The van der Waals surface area contributed by atoms with Crippen LogP contribution < -0.4 is 0 Å². The van der Waals surface area contributed by atoms with Crippen LogP contribution in [0.2, 0.25) is 0 Å². The first-order chi connectivity index (χ1) is 6.16. The third kappa shape index (κ3) is 2.68. The molecule has 0 radical (unpaired) electrons. The number of hydrogen-bond donors (Lipinski definition) is 1. The van der Waals surface area contributed by atoms with E-state index in [1.54, 1.807) is 0 Å². The van der Waals surface area contributed by atoms with Crippen LogP contribution in [0.4, 0.5) is 0 Å². The topological polar surface area (TPSA) is 29.5 Å². The zero-order valence-corrected chi connectivity index (χ0v) is 8.99. The van der Waals surface area contributed by atoms with Crippen LogP contribution in [0.25, 0.3) is 0 Å². The number of rotatable bonds is 3. The van der Waals surface area contributed by atoms with Gasteiger partial charge in [-0.3, -0.25) is 0 Å². The minimum absolute atomic E-state index is 0.0890. The Labute approximate surface area is 81.3 Å². The molecule has 1 N–H and O–H groups in total. The smallest absolute Gasteiger partial charge is 0.0836 e. The van der Waals surface area contributed by atoms with Gasteiger partial charge >= 0.3 is 0 Å². The molecule has 1 aliphatic rings. The van der Waals surface area contributed by atoms with Crippen molar-refractivity contribution in [1.29, 1.82) is 0 Å². The van der Waals surface area contributed by atoms with Crippen molar-refractivity contribution < 1.29 is 9.84 Å². The quantitative estimate of drug-likeness (QED) is 0.732. The first kappa shape index (κ1) is 11.0. The van der Waals surface area contributed by atoms with E-state index in [4.69, 9.17) is 4.74 Å². The first-order valence-corrected chi connectivity index (χ1v) is 5.46. The maximum atomic E-state index is 9.91. The molecule has 0 bridgehead atoms. The zero-order valence-electron chi connectivity index (χ0n) is 8.99. The summed E-state index contributed by atoms with van der Waals surface area (Å²) < 4.78 is 5.61. The van der Waals surface area contributed by atoms with Crippen LogP contribution in [0.1, 0.15) is 40.0 Å². The Hall–Kier alpha value is -0.0800. The van der Waals surface area contributed by atoms with Gasteiger partial charge in [0.25, 0.3) is 0 Å². The lowest BCUT2D eigenvalue weighted by Gasteiger charge is -2.36. The van der Waals surface area contributed by atoms with Crippen molar-refractivity contribution in [2.75, 3.05) is 6.61 Å². The van der Waals surface area contributed by atoms with Crippen LogP contribution in [-0.2, 0) is 4.74 Å². The molecule has 0 spiro atoms. The first-order valence-electron chi connectivity index (χ1n) is 5.46. The SMILES string of the molecule is CCCOC1CCC(C)C(C)C1O. The van der Waals surface area contributed by atoms with E-state index in [1.165, 1.54) is 6.42 Å². The van der Waals surface area contributed by atoms with E-state index < -0.39 is 0 Å². The maximum Gasteiger partial charge on any atom is 0.0836 e. The second-order valence-electron chi connectivity index (χ2n) is 4.31. The minimum Gasteiger partial charge on any atom is -0.390 e. The van der Waals surface area contributed by atoms with Crippen LogP contribution in [0.15, 0.2) is 0 Å². The molecule has 0 heterocycles. The molecule has 1 saturated carbocycles. The normalized spacial score (nSPS) is 40.6. The van der Waals surface area contributed by atoms with Crippen molar-refractivity contribution in [3.05, 3.63) is 0 Å². The summed E-state index contributed by atoms with van der Waals surface area (Å²) in [6.45, 7) is 7.21. The third-order valence-corrected chi connectivity index (χ3v) is 3.26. The van der Waals surface area contributed by atoms with Crippen LogP contribution in [-0.4, -0.2) is 23.9 Å². The lowest BCUT2D eigenvalue weighted by molar-refractivity contribution is -0.0943. The highest BCUT2D eigenvalue weighted by Gasteiger charge is 2.33. The fourth-order valence-corrected chi connectivity index (χ4v) is 1.99. The van der Waals surface area contributed by atoms with Crippen LogP contribution in [0.5, 0.6) is 0 Å². The van der Waals surface area contributed by atoms with Gasteiger partial charge in [0.05, 0.1) is 12.2 Å². The Balaban J connectivity index is 2.39. The van der Waals surface area contributed by atoms with Gasteiger partial charge in [-0.25, -0.2) is 0 Å². The second-order valence-corrected chi connectivity index (χ2v) is 4.31. The number of hydrogen-bond acceptors (Lipinski definition) is 2. The lowest BCUT2D eigenvalue weighted by atomic mass is 9.78. The third-order valence-electron chi connectivity index (χ3n) is 3.26. The van der Waals surface area contributed by atoms with Crippen molar-refractivity contribution in [1.82, 2.24) is 0 Å². The van der Waals surface area contributed by atoms with E-state index in [0.29, 0.717) is 11.8 Å². The van der Waals surface area contributed by atoms with Crippen molar-refractivity contribution in [2.24, 2.45) is 11.8 Å². The molecule has 13 heavy (non-hydrogen) atoms. The fourth-order valence-electron chi connectivity index (χ4n) is 1.99. The molecule has 2 nitrogen and oxygen atoms in total. The Morgan fingerprint density at radius 2 is 2.00 bits per heavy atom. The predicted octanol–water partition coefficient (Wildman–Crippen LogP) is 2.21. The standard InChI is InChI=1S/C11H22O2/c1-4-7-13-10-6-5-8(2)9(3)11(10)12/h8-12H,4-7H2,1-3H3. The Morgan fingerprint density at radius 1 is 1.31 bits per heavy atom. The zero-order chi connectivity index (χ0) is 9.84. The average Bonchev–Trinajstić information content (AvgIpc) is 2.13. The van der Waals surface area contributed by atoms with Gasteiger partial charge in [-0.1, -0.05) is 20.8 Å². The molecular weight excluding hydrogens is 164 g/mol. The Kier molecular flexibility index (Phi) is 4.20. The fraction of sp³-hybridized carbons (Fsp3) is 1.00. The molecule has 4 atom stereocenters. The van der Waals surface area contributed by atoms with E-state index in [0.717, 1.165) is 19.4 Å².